The Labute approximate surface area is 108 Å². The van der Waals surface area contributed by atoms with Crippen molar-refractivity contribution >= 4 is 21.6 Å². The predicted octanol–water partition coefficient (Wildman–Crippen LogP) is 2.98. The van der Waals surface area contributed by atoms with E-state index < -0.39 is 0 Å². The quantitative estimate of drug-likeness (QED) is 0.940. The molecule has 0 fully saturated rings. The van der Waals surface area contributed by atoms with Crippen LogP contribution in [0.5, 0.6) is 0 Å². The average molecular weight is 298 g/mol. The molecule has 0 atom stereocenters. The van der Waals surface area contributed by atoms with E-state index in [-0.39, 0.29) is 5.82 Å². The van der Waals surface area contributed by atoms with Gasteiger partial charge in [0.2, 0.25) is 0 Å². The van der Waals surface area contributed by atoms with Gasteiger partial charge in [-0.15, -0.1) is 0 Å². The number of nitrogens with zero attached hydrogens (tertiary/aromatic N) is 2. The topological polar surface area (TPSA) is 29.9 Å². The zero-order valence-electron chi connectivity index (χ0n) is 9.45. The number of benzene rings is 1. The molecule has 0 aliphatic rings. The summed E-state index contributed by atoms with van der Waals surface area (Å²) in [6.45, 7) is 0.788. The third-order valence-electron chi connectivity index (χ3n) is 2.42. The second-order valence-electron chi connectivity index (χ2n) is 3.82. The van der Waals surface area contributed by atoms with Gasteiger partial charge in [0.1, 0.15) is 5.82 Å². The summed E-state index contributed by atoms with van der Waals surface area (Å²) in [5.74, 6) is -0.241. The highest BCUT2D eigenvalue weighted by molar-refractivity contribution is 9.10. The summed E-state index contributed by atoms with van der Waals surface area (Å²) < 4.78 is 15.4. The van der Waals surface area contributed by atoms with Crippen LogP contribution in [-0.4, -0.2) is 16.3 Å². The first-order valence-electron chi connectivity index (χ1n) is 5.31. The zero-order valence-corrected chi connectivity index (χ0v) is 11.0. The minimum atomic E-state index is -0.241. The van der Waals surface area contributed by atoms with Gasteiger partial charge in [-0.3, -0.25) is 4.68 Å². The molecule has 5 heteroatoms. The normalized spacial score (nSPS) is 10.5. The number of nitrogens with one attached hydrogen (secondary N) is 1. The van der Waals surface area contributed by atoms with Crippen LogP contribution < -0.4 is 5.32 Å². The zero-order chi connectivity index (χ0) is 12.3. The second-order valence-corrected chi connectivity index (χ2v) is 4.68. The van der Waals surface area contributed by atoms with E-state index in [0.717, 1.165) is 23.1 Å². The van der Waals surface area contributed by atoms with Crippen LogP contribution in [0, 0.1) is 5.82 Å². The Kier molecular flexibility index (Phi) is 3.78. The van der Waals surface area contributed by atoms with Gasteiger partial charge in [0, 0.05) is 29.9 Å². The minimum absolute atomic E-state index is 0.241. The van der Waals surface area contributed by atoms with E-state index >= 15 is 0 Å². The summed E-state index contributed by atoms with van der Waals surface area (Å²) in [4.78, 5) is 0. The van der Waals surface area contributed by atoms with E-state index in [0.29, 0.717) is 0 Å². The summed E-state index contributed by atoms with van der Waals surface area (Å²) in [6.07, 6.45) is 4.72. The summed E-state index contributed by atoms with van der Waals surface area (Å²) >= 11 is 3.32. The Morgan fingerprint density at radius 3 is 2.94 bits per heavy atom. The van der Waals surface area contributed by atoms with Crippen LogP contribution in [0.25, 0.3) is 0 Å². The highest BCUT2D eigenvalue weighted by atomic mass is 79.9. The molecule has 17 heavy (non-hydrogen) atoms. The first kappa shape index (κ1) is 12.1. The van der Waals surface area contributed by atoms with Gasteiger partial charge in [-0.05, 0) is 46.1 Å². The maximum Gasteiger partial charge on any atom is 0.124 e. The number of aryl methyl sites for hydroxylation is 1. The van der Waals surface area contributed by atoms with Gasteiger partial charge in [0.15, 0.2) is 0 Å². The fourth-order valence-electron chi connectivity index (χ4n) is 1.58. The molecule has 1 heterocycles. The fraction of sp³-hybridized carbons (Fsp3) is 0.250. The van der Waals surface area contributed by atoms with E-state index in [1.165, 1.54) is 17.7 Å². The highest BCUT2D eigenvalue weighted by Crippen LogP contribution is 2.22. The SMILES string of the molecule is Cn1cc(CCNc2ccc(F)cc2Br)cn1. The van der Waals surface area contributed by atoms with Gasteiger partial charge in [-0.2, -0.15) is 5.10 Å². The molecule has 0 aliphatic carbocycles. The van der Waals surface area contributed by atoms with E-state index in [2.05, 4.69) is 26.3 Å². The number of rotatable bonds is 4. The van der Waals surface area contributed by atoms with Crippen molar-refractivity contribution in [3.8, 4) is 0 Å². The maximum absolute atomic E-state index is 12.9. The van der Waals surface area contributed by atoms with E-state index in [1.807, 2.05) is 19.4 Å². The first-order chi connectivity index (χ1) is 8.15. The minimum Gasteiger partial charge on any atom is -0.384 e. The van der Waals surface area contributed by atoms with Gasteiger partial charge >= 0.3 is 0 Å². The summed E-state index contributed by atoms with van der Waals surface area (Å²) in [5, 5.41) is 7.35. The summed E-state index contributed by atoms with van der Waals surface area (Å²) in [6, 6.07) is 4.62. The van der Waals surface area contributed by atoms with Crippen molar-refractivity contribution in [2.24, 2.45) is 7.05 Å². The Bertz CT molecular complexity index is 510. The maximum atomic E-state index is 12.9. The molecule has 0 saturated carbocycles. The van der Waals surface area contributed by atoms with Crippen LogP contribution in [0.4, 0.5) is 10.1 Å². The molecule has 0 radical (unpaired) electrons. The third-order valence-corrected chi connectivity index (χ3v) is 3.07. The van der Waals surface area contributed by atoms with Gasteiger partial charge in [0.05, 0.1) is 6.20 Å². The Hall–Kier alpha value is -1.36. The lowest BCUT2D eigenvalue weighted by Gasteiger charge is -2.07. The van der Waals surface area contributed by atoms with Crippen LogP contribution in [0.2, 0.25) is 0 Å². The molecule has 2 rings (SSSR count). The van der Waals surface area contributed by atoms with E-state index in [4.69, 9.17) is 0 Å². The Morgan fingerprint density at radius 2 is 2.29 bits per heavy atom. The third kappa shape index (κ3) is 3.30. The highest BCUT2D eigenvalue weighted by Gasteiger charge is 2.01. The van der Waals surface area contributed by atoms with Crippen molar-refractivity contribution in [2.75, 3.05) is 11.9 Å². The molecule has 0 aliphatic heterocycles. The summed E-state index contributed by atoms with van der Waals surface area (Å²) in [5.41, 5.74) is 2.08. The molecule has 1 aromatic carbocycles. The summed E-state index contributed by atoms with van der Waals surface area (Å²) in [7, 11) is 1.90. The van der Waals surface area contributed by atoms with Crippen LogP contribution in [-0.2, 0) is 13.5 Å². The number of hydrogen-bond acceptors (Lipinski definition) is 2. The molecule has 1 N–H and O–H groups in total. The molecular formula is C12H13BrFN3. The Balaban J connectivity index is 1.90. The fourth-order valence-corrected chi connectivity index (χ4v) is 2.07. The van der Waals surface area contributed by atoms with Crippen LogP contribution in [0.3, 0.4) is 0 Å². The van der Waals surface area contributed by atoms with Crippen LogP contribution in [0.15, 0.2) is 35.1 Å². The molecule has 0 spiro atoms. The first-order valence-corrected chi connectivity index (χ1v) is 6.11. The molecule has 1 aromatic heterocycles. The Morgan fingerprint density at radius 1 is 1.47 bits per heavy atom. The lowest BCUT2D eigenvalue weighted by molar-refractivity contribution is 0.627. The molecule has 2 aromatic rings. The molecule has 3 nitrogen and oxygen atoms in total. The van der Waals surface area contributed by atoms with E-state index in [9.17, 15) is 4.39 Å². The number of aromatic nitrogens is 2. The molecule has 0 unspecified atom stereocenters. The second kappa shape index (κ2) is 5.31. The molecule has 90 valence electrons. The standard InChI is InChI=1S/C12H13BrFN3/c1-17-8-9(7-16-17)4-5-15-12-3-2-10(14)6-11(12)13/h2-3,6-8,15H,4-5H2,1H3. The number of hydrogen-bond donors (Lipinski definition) is 1. The van der Waals surface area contributed by atoms with Gasteiger partial charge in [-0.25, -0.2) is 4.39 Å². The number of halogens is 2. The predicted molar refractivity (Wildman–Crippen MR) is 69.5 cm³/mol. The lowest BCUT2D eigenvalue weighted by atomic mass is 10.2. The van der Waals surface area contributed by atoms with E-state index in [1.54, 1.807) is 10.7 Å². The van der Waals surface area contributed by atoms with Gasteiger partial charge in [-0.1, -0.05) is 0 Å². The van der Waals surface area contributed by atoms with Crippen LogP contribution >= 0.6 is 15.9 Å². The average Bonchev–Trinajstić information content (AvgIpc) is 2.68. The van der Waals surface area contributed by atoms with Crippen molar-refractivity contribution < 1.29 is 4.39 Å². The lowest BCUT2D eigenvalue weighted by Crippen LogP contribution is -2.05. The number of anilines is 1. The molecular weight excluding hydrogens is 285 g/mol. The molecule has 0 amide bonds. The molecule has 0 saturated heterocycles. The van der Waals surface area contributed by atoms with Crippen molar-refractivity contribution in [3.63, 3.8) is 0 Å². The van der Waals surface area contributed by atoms with Crippen molar-refractivity contribution in [1.29, 1.82) is 0 Å². The smallest absolute Gasteiger partial charge is 0.124 e. The largest absolute Gasteiger partial charge is 0.384 e. The molecule has 0 bridgehead atoms. The van der Waals surface area contributed by atoms with Crippen molar-refractivity contribution in [3.05, 3.63) is 46.4 Å². The van der Waals surface area contributed by atoms with Gasteiger partial charge in [0.25, 0.3) is 0 Å². The van der Waals surface area contributed by atoms with Crippen molar-refractivity contribution in [2.45, 2.75) is 6.42 Å². The van der Waals surface area contributed by atoms with Gasteiger partial charge < -0.3 is 5.32 Å². The monoisotopic (exact) mass is 297 g/mol. The van der Waals surface area contributed by atoms with Crippen molar-refractivity contribution in [1.82, 2.24) is 9.78 Å². The van der Waals surface area contributed by atoms with Crippen LogP contribution in [0.1, 0.15) is 5.56 Å².